The fourth-order valence-electron chi connectivity index (χ4n) is 21.2. The average molecular weight is 1700 g/mol. The Labute approximate surface area is 754 Å². The fourth-order valence-corrected chi connectivity index (χ4v) is 21.2. The van der Waals surface area contributed by atoms with E-state index >= 15 is 0 Å². The molecular weight excluding hydrogens is 1520 g/mol. The van der Waals surface area contributed by atoms with E-state index in [4.69, 9.17) is 47.4 Å². The van der Waals surface area contributed by atoms with Crippen LogP contribution in [-0.4, -0.2) is 64.5 Å². The second kappa shape index (κ2) is 49.6. The van der Waals surface area contributed by atoms with Crippen LogP contribution >= 0.6 is 0 Å². The van der Waals surface area contributed by atoms with Crippen molar-refractivity contribution in [3.8, 4) is 28.7 Å². The van der Waals surface area contributed by atoms with Crippen LogP contribution < -0.4 is 23.7 Å². The van der Waals surface area contributed by atoms with Crippen LogP contribution in [0.4, 0.5) is 0 Å². The van der Waals surface area contributed by atoms with Crippen molar-refractivity contribution in [2.45, 2.75) is 433 Å². The molecule has 0 amide bonds. The average Bonchev–Trinajstić information content (AvgIpc) is 0.777. The quantitative estimate of drug-likeness (QED) is 0.0353. The first kappa shape index (κ1) is 103. The fraction of sp³-hybridized carbons (Fsp3) is 0.735. The second-order valence-electron chi connectivity index (χ2n) is 45.0. The predicted molar refractivity (Wildman–Crippen MR) is 517 cm³/mol. The first-order valence-electron chi connectivity index (χ1n) is 50.2. The molecule has 0 saturated heterocycles. The molecule has 14 rings (SSSR count). The maximum atomic E-state index is 6.72. The summed E-state index contributed by atoms with van der Waals surface area (Å²) in [4.78, 5) is 0. The number of ether oxygens (including phenoxy) is 10. The van der Waals surface area contributed by atoms with Crippen LogP contribution in [0.15, 0.2) is 121 Å². The molecule has 0 spiro atoms. The molecular formula is C113H182O10. The highest BCUT2D eigenvalue weighted by atomic mass is 16.7. The van der Waals surface area contributed by atoms with Gasteiger partial charge in [-0.3, -0.25) is 0 Å². The Hall–Kier alpha value is -5.10. The van der Waals surface area contributed by atoms with E-state index in [1.165, 1.54) is 182 Å². The first-order valence-corrected chi connectivity index (χ1v) is 50.2. The van der Waals surface area contributed by atoms with E-state index < -0.39 is 0 Å². The predicted octanol–water partition coefficient (Wildman–Crippen LogP) is 33.0. The van der Waals surface area contributed by atoms with Gasteiger partial charge in [0.2, 0.25) is 12.6 Å². The van der Waals surface area contributed by atoms with E-state index in [0.717, 1.165) is 122 Å². The van der Waals surface area contributed by atoms with Gasteiger partial charge in [-0.15, -0.1) is 0 Å². The molecule has 9 saturated carbocycles. The molecule has 0 heterocycles. The summed E-state index contributed by atoms with van der Waals surface area (Å²) in [5, 5.41) is 0. The lowest BCUT2D eigenvalue weighted by Crippen LogP contribution is -2.54. The molecule has 5 aromatic carbocycles. The molecule has 11 atom stereocenters. The summed E-state index contributed by atoms with van der Waals surface area (Å²) >= 11 is 0. The van der Waals surface area contributed by atoms with E-state index in [9.17, 15) is 0 Å². The number of hydrogen-bond donors (Lipinski definition) is 0. The highest BCUT2D eigenvalue weighted by Crippen LogP contribution is 2.63. The second-order valence-corrected chi connectivity index (χ2v) is 45.0. The summed E-state index contributed by atoms with van der Waals surface area (Å²) in [5.41, 5.74) is 8.44. The smallest absolute Gasteiger partial charge is 0.205 e. The summed E-state index contributed by atoms with van der Waals surface area (Å²) in [6.07, 6.45) is 37.9. The number of benzene rings is 5. The minimum absolute atomic E-state index is 0.0746. The molecule has 9 aliphatic rings. The largest absolute Gasteiger partial charge is 0.465 e. The van der Waals surface area contributed by atoms with Crippen molar-refractivity contribution in [1.29, 1.82) is 0 Å². The van der Waals surface area contributed by atoms with Gasteiger partial charge in [-0.05, 0) is 328 Å². The number of rotatable bonds is 40. The zero-order chi connectivity index (χ0) is 89.7. The standard InChI is InChI=1S/C29H46O2.C24H36O2.C22H36O2.C21H36O2.C17H28O2/c1-5-8-22(7-3)13-14-30-28(31-27-11-9-26(10-12-27)21(4)6-2)29-18-23-15-24(19-29)17-25(16-23)20-29;1-4-17(2)22-5-7-23(8-6-22)26-18(3)25-10-9-24-14-19-11-20(15-24)13-21(12-19)16-24;1-6-17(2)18-12-14-20(15-13-18)24-21(16-22(3,4)5)23-19-10-8-7-9-11-19;1-9-16(2)17-10-12-18(13-11-17)23-19(14-20(3,4)5)22-15-21(6,7)8;1-7-13(2)14-8-10-15(11-9-14)19-16(18-6)12-17(3,4)5/h9-12,21-25,28H,5-8,13-20H2,1-4H3;5-8,17-21H,4,9-16H2,1-3H3;12-15,17,19,21H,6-11,16H2,1-5H3;10-13,16,19H,9,14-15H2,1-8H3;8-11,13,16H,7,12H2,1-6H3. The van der Waals surface area contributed by atoms with Gasteiger partial charge >= 0.3 is 0 Å². The highest BCUT2D eigenvalue weighted by molar-refractivity contribution is 5.33. The van der Waals surface area contributed by atoms with E-state index in [0.29, 0.717) is 47.7 Å². The molecule has 10 nitrogen and oxygen atoms in total. The molecule has 0 radical (unpaired) electrons. The van der Waals surface area contributed by atoms with E-state index in [1.807, 2.05) is 19.1 Å². The summed E-state index contributed by atoms with van der Waals surface area (Å²) in [7, 11) is 1.70. The van der Waals surface area contributed by atoms with Crippen LogP contribution in [0.5, 0.6) is 28.7 Å². The zero-order valence-electron chi connectivity index (χ0n) is 83.4. The third-order valence-electron chi connectivity index (χ3n) is 28.7. The SMILES string of the molecule is CCC(C)c1ccc(OC(C)OCCC23CC4CC(CC(C4)C2)C3)cc1.CCC(C)c1ccc(OC(CC(C)(C)C)OC)cc1.CCC(C)c1ccc(OC(CC(C)(C)C)OC2CCCCC2)cc1.CCC(C)c1ccc(OC(CC(C)(C)C)OCC(C)(C)C)cc1.CCCC(CC)CCOC(Oc1ccc(C(C)CC)cc1)C12CC3CC(CC(C3)C1)C2. The van der Waals surface area contributed by atoms with Crippen molar-refractivity contribution in [2.75, 3.05) is 26.9 Å². The lowest BCUT2D eigenvalue weighted by molar-refractivity contribution is -0.216. The lowest BCUT2D eigenvalue weighted by atomic mass is 9.49. The summed E-state index contributed by atoms with van der Waals surface area (Å²) in [5.74, 6) is 14.2. The zero-order valence-corrected chi connectivity index (χ0v) is 83.4. The van der Waals surface area contributed by atoms with E-state index in [1.54, 1.807) is 7.11 Å². The number of hydrogen-bond acceptors (Lipinski definition) is 10. The monoisotopic (exact) mass is 1700 g/mol. The molecule has 123 heavy (non-hydrogen) atoms. The summed E-state index contributed by atoms with van der Waals surface area (Å²) < 4.78 is 61.5. The normalized spacial score (nSPS) is 24.3. The van der Waals surface area contributed by atoms with Crippen LogP contribution in [0.25, 0.3) is 0 Å². The van der Waals surface area contributed by atoms with Gasteiger partial charge in [-0.25, -0.2) is 0 Å². The van der Waals surface area contributed by atoms with Crippen LogP contribution in [0.3, 0.4) is 0 Å². The van der Waals surface area contributed by atoms with Crippen molar-refractivity contribution in [3.63, 3.8) is 0 Å². The van der Waals surface area contributed by atoms with Crippen molar-refractivity contribution in [2.24, 2.45) is 73.9 Å². The Balaban J connectivity index is 0.000000193. The molecule has 10 heteroatoms. The van der Waals surface area contributed by atoms with Crippen molar-refractivity contribution >= 4 is 0 Å². The van der Waals surface area contributed by atoms with Crippen LogP contribution in [0, 0.1) is 73.9 Å². The molecule has 8 bridgehead atoms. The van der Waals surface area contributed by atoms with Crippen molar-refractivity contribution in [3.05, 3.63) is 149 Å². The van der Waals surface area contributed by atoms with Crippen LogP contribution in [-0.2, 0) is 23.7 Å². The van der Waals surface area contributed by atoms with Crippen molar-refractivity contribution < 1.29 is 47.4 Å². The molecule has 0 aliphatic heterocycles. The third kappa shape index (κ3) is 35.7. The van der Waals surface area contributed by atoms with Gasteiger partial charge in [0, 0.05) is 31.8 Å². The Bertz CT molecular complexity index is 3590. The Morgan fingerprint density at radius 2 is 0.675 bits per heavy atom. The highest BCUT2D eigenvalue weighted by Gasteiger charge is 2.56. The Morgan fingerprint density at radius 1 is 0.341 bits per heavy atom. The minimum Gasteiger partial charge on any atom is -0.465 e. The minimum atomic E-state index is -0.205. The van der Waals surface area contributed by atoms with Gasteiger partial charge in [-0.2, -0.15) is 0 Å². The van der Waals surface area contributed by atoms with E-state index in [-0.39, 0.29) is 58.5 Å². The molecule has 5 aromatic rings. The van der Waals surface area contributed by atoms with Crippen LogP contribution in [0.2, 0.25) is 0 Å². The topological polar surface area (TPSA) is 92.3 Å². The van der Waals surface area contributed by atoms with Gasteiger partial charge < -0.3 is 47.4 Å². The maximum absolute atomic E-state index is 6.72. The molecule has 0 N–H and O–H groups in total. The third-order valence-corrected chi connectivity index (χ3v) is 28.7. The van der Waals surface area contributed by atoms with Crippen LogP contribution in [0.1, 0.15) is 423 Å². The first-order chi connectivity index (χ1) is 58.3. The Morgan fingerprint density at radius 3 is 1.02 bits per heavy atom. The van der Waals surface area contributed by atoms with Gasteiger partial charge in [0.05, 0.1) is 25.9 Å². The summed E-state index contributed by atoms with van der Waals surface area (Å²) in [6, 6.07) is 42.8. The van der Waals surface area contributed by atoms with Gasteiger partial charge in [0.1, 0.15) is 28.7 Å². The molecule has 9 fully saturated rings. The lowest BCUT2D eigenvalue weighted by Gasteiger charge is -2.58. The van der Waals surface area contributed by atoms with E-state index in [2.05, 4.69) is 275 Å². The van der Waals surface area contributed by atoms with Gasteiger partial charge in [0.25, 0.3) is 0 Å². The van der Waals surface area contributed by atoms with Crippen molar-refractivity contribution in [1.82, 2.24) is 0 Å². The van der Waals surface area contributed by atoms with Gasteiger partial charge in [0.15, 0.2) is 18.9 Å². The number of methoxy groups -OCH3 is 1. The maximum Gasteiger partial charge on any atom is 0.205 e. The molecule has 0 aromatic heterocycles. The molecule has 694 valence electrons. The molecule has 11 unspecified atom stereocenters. The molecule has 9 aliphatic carbocycles. The van der Waals surface area contributed by atoms with Gasteiger partial charge in [-0.1, -0.05) is 265 Å². The summed E-state index contributed by atoms with van der Waals surface area (Å²) in [6.45, 7) is 58.0. The Kier molecular flexibility index (Phi) is 41.7.